The SMILES string of the molecule is NC1(c2ccccc2C2CCCCC2)CCCCC1. The monoisotopic (exact) mass is 257 g/mol. The molecule has 1 heteroatoms. The Morgan fingerprint density at radius 3 is 2.21 bits per heavy atom. The lowest BCUT2D eigenvalue weighted by atomic mass is 9.72. The second kappa shape index (κ2) is 5.66. The summed E-state index contributed by atoms with van der Waals surface area (Å²) in [6, 6.07) is 9.06. The van der Waals surface area contributed by atoms with Crippen LogP contribution in [0.2, 0.25) is 0 Å². The fourth-order valence-corrected chi connectivity index (χ4v) is 4.17. The lowest BCUT2D eigenvalue weighted by molar-refractivity contribution is 0.297. The Morgan fingerprint density at radius 1 is 0.842 bits per heavy atom. The van der Waals surface area contributed by atoms with Gasteiger partial charge < -0.3 is 5.73 Å². The summed E-state index contributed by atoms with van der Waals surface area (Å²) in [7, 11) is 0. The Kier molecular flexibility index (Phi) is 3.93. The largest absolute Gasteiger partial charge is 0.321 e. The van der Waals surface area contributed by atoms with Crippen LogP contribution in [0.4, 0.5) is 0 Å². The molecule has 1 aromatic carbocycles. The highest BCUT2D eigenvalue weighted by Crippen LogP contribution is 2.41. The number of hydrogen-bond donors (Lipinski definition) is 1. The van der Waals surface area contributed by atoms with E-state index in [4.69, 9.17) is 5.73 Å². The van der Waals surface area contributed by atoms with Crippen LogP contribution < -0.4 is 5.73 Å². The van der Waals surface area contributed by atoms with Crippen molar-refractivity contribution >= 4 is 0 Å². The third kappa shape index (κ3) is 2.72. The van der Waals surface area contributed by atoms with Gasteiger partial charge in [-0.3, -0.25) is 0 Å². The third-order valence-corrected chi connectivity index (χ3v) is 5.29. The molecule has 0 heterocycles. The predicted octanol–water partition coefficient (Wildman–Crippen LogP) is 4.85. The van der Waals surface area contributed by atoms with E-state index in [1.54, 1.807) is 5.56 Å². The van der Waals surface area contributed by atoms with Crippen molar-refractivity contribution in [2.45, 2.75) is 75.7 Å². The van der Waals surface area contributed by atoms with Gasteiger partial charge in [-0.05, 0) is 42.7 Å². The van der Waals surface area contributed by atoms with Crippen LogP contribution in [0.25, 0.3) is 0 Å². The molecule has 1 nitrogen and oxygen atoms in total. The first-order chi connectivity index (χ1) is 9.30. The molecule has 2 aliphatic rings. The maximum atomic E-state index is 6.79. The summed E-state index contributed by atoms with van der Waals surface area (Å²) >= 11 is 0. The number of benzene rings is 1. The van der Waals surface area contributed by atoms with E-state index in [0.717, 1.165) is 5.92 Å². The minimum Gasteiger partial charge on any atom is -0.321 e. The van der Waals surface area contributed by atoms with Gasteiger partial charge in [0.05, 0.1) is 0 Å². The molecule has 0 bridgehead atoms. The average Bonchev–Trinajstić information content (AvgIpc) is 2.49. The van der Waals surface area contributed by atoms with E-state index < -0.39 is 0 Å². The van der Waals surface area contributed by atoms with E-state index >= 15 is 0 Å². The van der Waals surface area contributed by atoms with Crippen LogP contribution in [-0.2, 0) is 5.54 Å². The lowest BCUT2D eigenvalue weighted by Gasteiger charge is -2.37. The summed E-state index contributed by atoms with van der Waals surface area (Å²) in [5, 5.41) is 0. The van der Waals surface area contributed by atoms with Crippen LogP contribution in [0.3, 0.4) is 0 Å². The fourth-order valence-electron chi connectivity index (χ4n) is 4.17. The first kappa shape index (κ1) is 13.2. The van der Waals surface area contributed by atoms with Gasteiger partial charge in [0.2, 0.25) is 0 Å². The molecule has 0 spiro atoms. The van der Waals surface area contributed by atoms with Crippen LogP contribution in [0, 0.1) is 0 Å². The van der Waals surface area contributed by atoms with Crippen LogP contribution >= 0.6 is 0 Å². The van der Waals surface area contributed by atoms with Crippen LogP contribution in [0.15, 0.2) is 24.3 Å². The minimum absolute atomic E-state index is 0.0354. The van der Waals surface area contributed by atoms with Gasteiger partial charge in [-0.15, -0.1) is 0 Å². The van der Waals surface area contributed by atoms with E-state index in [2.05, 4.69) is 24.3 Å². The molecular formula is C18H27N. The molecule has 0 unspecified atom stereocenters. The predicted molar refractivity (Wildman–Crippen MR) is 81.2 cm³/mol. The summed E-state index contributed by atoms with van der Waals surface area (Å²) in [4.78, 5) is 0. The number of hydrogen-bond acceptors (Lipinski definition) is 1. The topological polar surface area (TPSA) is 26.0 Å². The Bertz CT molecular complexity index is 411. The molecule has 3 rings (SSSR count). The average molecular weight is 257 g/mol. The normalized spacial score (nSPS) is 24.3. The molecule has 19 heavy (non-hydrogen) atoms. The first-order valence-electron chi connectivity index (χ1n) is 8.18. The van der Waals surface area contributed by atoms with E-state index in [0.29, 0.717) is 0 Å². The summed E-state index contributed by atoms with van der Waals surface area (Å²) in [5.41, 5.74) is 9.80. The van der Waals surface area contributed by atoms with Gasteiger partial charge in [-0.1, -0.05) is 62.8 Å². The summed E-state index contributed by atoms with van der Waals surface area (Å²) in [6.07, 6.45) is 13.3. The van der Waals surface area contributed by atoms with Gasteiger partial charge in [-0.25, -0.2) is 0 Å². The summed E-state index contributed by atoms with van der Waals surface area (Å²) in [5.74, 6) is 0.771. The maximum Gasteiger partial charge on any atom is 0.0412 e. The van der Waals surface area contributed by atoms with Crippen LogP contribution in [0.5, 0.6) is 0 Å². The lowest BCUT2D eigenvalue weighted by Crippen LogP contribution is -2.39. The van der Waals surface area contributed by atoms with E-state index in [9.17, 15) is 0 Å². The number of nitrogens with two attached hydrogens (primary N) is 1. The quantitative estimate of drug-likeness (QED) is 0.805. The van der Waals surface area contributed by atoms with E-state index in [-0.39, 0.29) is 5.54 Å². The molecule has 1 aromatic rings. The molecule has 104 valence electrons. The molecule has 0 aliphatic heterocycles. The van der Waals surface area contributed by atoms with Crippen molar-refractivity contribution in [1.82, 2.24) is 0 Å². The minimum atomic E-state index is -0.0354. The zero-order valence-electron chi connectivity index (χ0n) is 12.0. The van der Waals surface area contributed by atoms with Crippen molar-refractivity contribution in [2.24, 2.45) is 5.73 Å². The van der Waals surface area contributed by atoms with E-state index in [1.165, 1.54) is 69.8 Å². The van der Waals surface area contributed by atoms with Crippen LogP contribution in [0.1, 0.15) is 81.3 Å². The molecule has 0 atom stereocenters. The highest BCUT2D eigenvalue weighted by molar-refractivity contribution is 5.36. The van der Waals surface area contributed by atoms with Gasteiger partial charge in [0.1, 0.15) is 0 Å². The molecule has 2 fully saturated rings. The Hall–Kier alpha value is -0.820. The van der Waals surface area contributed by atoms with Gasteiger partial charge in [0.25, 0.3) is 0 Å². The molecule has 2 N–H and O–H groups in total. The highest BCUT2D eigenvalue weighted by atomic mass is 14.7. The Labute approximate surface area is 117 Å². The molecule has 0 radical (unpaired) electrons. The van der Waals surface area contributed by atoms with Crippen LogP contribution in [-0.4, -0.2) is 0 Å². The zero-order chi connectivity index (χ0) is 13.1. The van der Waals surface area contributed by atoms with Crippen molar-refractivity contribution in [2.75, 3.05) is 0 Å². The molecule has 2 aliphatic carbocycles. The maximum absolute atomic E-state index is 6.79. The Balaban J connectivity index is 1.91. The van der Waals surface area contributed by atoms with Gasteiger partial charge in [0, 0.05) is 5.54 Å². The van der Waals surface area contributed by atoms with Gasteiger partial charge in [0.15, 0.2) is 0 Å². The van der Waals surface area contributed by atoms with Crippen molar-refractivity contribution < 1.29 is 0 Å². The fraction of sp³-hybridized carbons (Fsp3) is 0.667. The van der Waals surface area contributed by atoms with Crippen molar-refractivity contribution in [3.63, 3.8) is 0 Å². The van der Waals surface area contributed by atoms with Crippen molar-refractivity contribution in [1.29, 1.82) is 0 Å². The number of rotatable bonds is 2. The zero-order valence-corrected chi connectivity index (χ0v) is 12.0. The van der Waals surface area contributed by atoms with Gasteiger partial charge >= 0.3 is 0 Å². The van der Waals surface area contributed by atoms with Crippen molar-refractivity contribution in [3.8, 4) is 0 Å². The summed E-state index contributed by atoms with van der Waals surface area (Å²) in [6.45, 7) is 0. The standard InChI is InChI=1S/C18H27N/c19-18(13-7-2-8-14-18)17-12-6-5-11-16(17)15-9-3-1-4-10-15/h5-6,11-12,15H,1-4,7-10,13-14,19H2. The second-order valence-electron chi connectivity index (χ2n) is 6.64. The molecular weight excluding hydrogens is 230 g/mol. The Morgan fingerprint density at radius 2 is 1.47 bits per heavy atom. The molecule has 2 saturated carbocycles. The molecule has 0 amide bonds. The highest BCUT2D eigenvalue weighted by Gasteiger charge is 2.32. The van der Waals surface area contributed by atoms with E-state index in [1.807, 2.05) is 0 Å². The van der Waals surface area contributed by atoms with Gasteiger partial charge in [-0.2, -0.15) is 0 Å². The molecule has 0 saturated heterocycles. The first-order valence-corrected chi connectivity index (χ1v) is 8.18. The summed E-state index contributed by atoms with van der Waals surface area (Å²) < 4.78 is 0. The molecule has 0 aromatic heterocycles. The smallest absolute Gasteiger partial charge is 0.0412 e. The second-order valence-corrected chi connectivity index (χ2v) is 6.64. The third-order valence-electron chi connectivity index (χ3n) is 5.29. The van der Waals surface area contributed by atoms with Crippen molar-refractivity contribution in [3.05, 3.63) is 35.4 Å².